The molecule has 0 unspecified atom stereocenters. The van der Waals surface area contributed by atoms with E-state index in [9.17, 15) is 25.0 Å². The van der Waals surface area contributed by atoms with Crippen LogP contribution in [0.2, 0.25) is 0 Å². The standard InChI is InChI=1S/C26H24N4O5/c1-5-35-26(32)19-6-8-22(9-7-19)29-17(3)13-20(18(29)4)14-21(15-27)25(31)28-24-11-10-23(30(33)34)12-16(24)2/h6-14H,5H2,1-4H3,(H,28,31). The molecule has 9 nitrogen and oxygen atoms in total. The molecule has 0 saturated carbocycles. The minimum Gasteiger partial charge on any atom is -0.462 e. The van der Waals surface area contributed by atoms with Crippen LogP contribution in [0.3, 0.4) is 0 Å². The molecule has 0 aliphatic heterocycles. The van der Waals surface area contributed by atoms with Crippen LogP contribution >= 0.6 is 0 Å². The van der Waals surface area contributed by atoms with E-state index in [-0.39, 0.29) is 11.3 Å². The number of aromatic nitrogens is 1. The number of nitro benzene ring substituents is 1. The summed E-state index contributed by atoms with van der Waals surface area (Å²) in [5.74, 6) is -1.01. The number of hydrogen-bond acceptors (Lipinski definition) is 6. The minimum atomic E-state index is -0.618. The van der Waals surface area contributed by atoms with Crippen molar-refractivity contribution >= 4 is 29.3 Å². The molecule has 0 saturated heterocycles. The maximum atomic E-state index is 12.8. The van der Waals surface area contributed by atoms with Crippen molar-refractivity contribution in [3.8, 4) is 11.8 Å². The monoisotopic (exact) mass is 472 g/mol. The zero-order valence-electron chi connectivity index (χ0n) is 19.8. The van der Waals surface area contributed by atoms with E-state index in [1.54, 1.807) is 38.1 Å². The number of non-ortho nitro benzene ring substituents is 1. The van der Waals surface area contributed by atoms with E-state index >= 15 is 0 Å². The van der Waals surface area contributed by atoms with Crippen molar-refractivity contribution in [3.63, 3.8) is 0 Å². The van der Waals surface area contributed by atoms with Crippen LogP contribution in [0.25, 0.3) is 11.8 Å². The van der Waals surface area contributed by atoms with Gasteiger partial charge in [-0.2, -0.15) is 5.26 Å². The number of benzene rings is 2. The van der Waals surface area contributed by atoms with Crippen LogP contribution < -0.4 is 5.32 Å². The first-order valence-electron chi connectivity index (χ1n) is 10.8. The molecule has 0 aliphatic rings. The van der Waals surface area contributed by atoms with Crippen molar-refractivity contribution in [2.45, 2.75) is 27.7 Å². The lowest BCUT2D eigenvalue weighted by atomic mass is 10.1. The van der Waals surface area contributed by atoms with Crippen LogP contribution in [0.4, 0.5) is 11.4 Å². The molecule has 3 rings (SSSR count). The van der Waals surface area contributed by atoms with E-state index in [1.165, 1.54) is 24.3 Å². The summed E-state index contributed by atoms with van der Waals surface area (Å²) in [6.07, 6.45) is 1.50. The van der Waals surface area contributed by atoms with E-state index in [4.69, 9.17) is 4.74 Å². The van der Waals surface area contributed by atoms with Crippen molar-refractivity contribution in [1.82, 2.24) is 4.57 Å². The average Bonchev–Trinajstić information content (AvgIpc) is 3.11. The van der Waals surface area contributed by atoms with Gasteiger partial charge in [-0.1, -0.05) is 0 Å². The van der Waals surface area contributed by atoms with Gasteiger partial charge < -0.3 is 14.6 Å². The highest BCUT2D eigenvalue weighted by Gasteiger charge is 2.16. The van der Waals surface area contributed by atoms with E-state index in [0.29, 0.717) is 29.0 Å². The number of hydrogen-bond donors (Lipinski definition) is 1. The molecule has 3 aromatic rings. The minimum absolute atomic E-state index is 0.0840. The summed E-state index contributed by atoms with van der Waals surface area (Å²) in [5.41, 5.74) is 4.33. The third-order valence-electron chi connectivity index (χ3n) is 5.44. The zero-order valence-corrected chi connectivity index (χ0v) is 19.8. The van der Waals surface area contributed by atoms with Gasteiger partial charge in [0.05, 0.1) is 17.1 Å². The summed E-state index contributed by atoms with van der Waals surface area (Å²) >= 11 is 0. The Morgan fingerprint density at radius 2 is 1.83 bits per heavy atom. The lowest BCUT2D eigenvalue weighted by Crippen LogP contribution is -2.14. The molecule has 0 bridgehead atoms. The normalized spacial score (nSPS) is 11.0. The van der Waals surface area contributed by atoms with Gasteiger partial charge in [-0.3, -0.25) is 14.9 Å². The van der Waals surface area contributed by atoms with Crippen LogP contribution in [0.1, 0.15) is 39.8 Å². The second-order valence-corrected chi connectivity index (χ2v) is 7.81. The Balaban J connectivity index is 1.88. The molecule has 178 valence electrons. The fourth-order valence-electron chi connectivity index (χ4n) is 3.69. The molecule has 0 radical (unpaired) electrons. The quantitative estimate of drug-likeness (QED) is 0.169. The van der Waals surface area contributed by atoms with Gasteiger partial charge in [0.15, 0.2) is 0 Å². The van der Waals surface area contributed by atoms with Gasteiger partial charge in [-0.25, -0.2) is 4.79 Å². The van der Waals surface area contributed by atoms with Crippen LogP contribution in [-0.2, 0) is 9.53 Å². The summed E-state index contributed by atoms with van der Waals surface area (Å²) < 4.78 is 6.97. The molecule has 0 fully saturated rings. The number of anilines is 1. The summed E-state index contributed by atoms with van der Waals surface area (Å²) in [4.78, 5) is 35.1. The summed E-state index contributed by atoms with van der Waals surface area (Å²) in [6.45, 7) is 7.45. The second-order valence-electron chi connectivity index (χ2n) is 7.81. The fourth-order valence-corrected chi connectivity index (χ4v) is 3.69. The van der Waals surface area contributed by atoms with Crippen molar-refractivity contribution < 1.29 is 19.2 Å². The van der Waals surface area contributed by atoms with Crippen LogP contribution in [0, 0.1) is 42.2 Å². The molecule has 1 heterocycles. The molecular weight excluding hydrogens is 448 g/mol. The molecular formula is C26H24N4O5. The van der Waals surface area contributed by atoms with Gasteiger partial charge in [0.2, 0.25) is 0 Å². The Hall–Kier alpha value is -4.71. The molecule has 0 atom stereocenters. The highest BCUT2D eigenvalue weighted by atomic mass is 16.6. The number of ether oxygens (including phenoxy) is 1. The molecule has 1 N–H and O–H groups in total. The van der Waals surface area contributed by atoms with E-state index < -0.39 is 16.8 Å². The maximum Gasteiger partial charge on any atom is 0.338 e. The first kappa shape index (κ1) is 24.9. The number of esters is 1. The highest BCUT2D eigenvalue weighted by molar-refractivity contribution is 6.10. The summed E-state index contributed by atoms with van der Waals surface area (Å²) in [5, 5.41) is 23.2. The summed E-state index contributed by atoms with van der Waals surface area (Å²) in [7, 11) is 0. The van der Waals surface area contributed by atoms with Crippen molar-refractivity contribution in [1.29, 1.82) is 5.26 Å². The fraction of sp³-hybridized carbons (Fsp3) is 0.192. The number of amides is 1. The largest absolute Gasteiger partial charge is 0.462 e. The smallest absolute Gasteiger partial charge is 0.338 e. The number of carbonyl (C=O) groups is 2. The third kappa shape index (κ3) is 5.45. The number of nitro groups is 1. The number of rotatable bonds is 7. The van der Waals surface area contributed by atoms with Crippen molar-refractivity contribution in [3.05, 3.63) is 92.3 Å². The lowest BCUT2D eigenvalue weighted by Gasteiger charge is -2.11. The molecule has 35 heavy (non-hydrogen) atoms. The van der Waals surface area contributed by atoms with E-state index in [2.05, 4.69) is 5.32 Å². The zero-order chi connectivity index (χ0) is 25.7. The number of nitrogens with one attached hydrogen (secondary N) is 1. The van der Waals surface area contributed by atoms with Gasteiger partial charge in [-0.05, 0) is 81.3 Å². The molecule has 9 heteroatoms. The average molecular weight is 473 g/mol. The third-order valence-corrected chi connectivity index (χ3v) is 5.44. The Morgan fingerprint density at radius 1 is 1.14 bits per heavy atom. The highest BCUT2D eigenvalue weighted by Crippen LogP contribution is 2.25. The Labute approximate surface area is 202 Å². The number of aryl methyl sites for hydroxylation is 2. The SMILES string of the molecule is CCOC(=O)c1ccc(-n2c(C)cc(C=C(C#N)C(=O)Nc3ccc([N+](=O)[O-])cc3C)c2C)cc1. The van der Waals surface area contributed by atoms with Gasteiger partial charge in [-0.15, -0.1) is 0 Å². The predicted octanol–water partition coefficient (Wildman–Crippen LogP) is 5.03. The lowest BCUT2D eigenvalue weighted by molar-refractivity contribution is -0.384. The molecule has 0 spiro atoms. The number of nitrogens with zero attached hydrogens (tertiary/aromatic N) is 3. The first-order valence-corrected chi connectivity index (χ1v) is 10.8. The maximum absolute atomic E-state index is 12.8. The van der Waals surface area contributed by atoms with E-state index in [1.807, 2.05) is 30.6 Å². The van der Waals surface area contributed by atoms with Gasteiger partial charge >= 0.3 is 5.97 Å². The Kier molecular flexibility index (Phi) is 7.46. The number of carbonyl (C=O) groups excluding carboxylic acids is 2. The topological polar surface area (TPSA) is 127 Å². The van der Waals surface area contributed by atoms with E-state index in [0.717, 1.165) is 17.1 Å². The molecule has 0 aliphatic carbocycles. The first-order chi connectivity index (χ1) is 16.7. The Morgan fingerprint density at radius 3 is 2.40 bits per heavy atom. The summed E-state index contributed by atoms with van der Waals surface area (Å²) in [6, 6.07) is 14.8. The predicted molar refractivity (Wildman–Crippen MR) is 131 cm³/mol. The van der Waals surface area contributed by atoms with Gasteiger partial charge in [0.1, 0.15) is 11.6 Å². The van der Waals surface area contributed by atoms with Crippen molar-refractivity contribution in [2.75, 3.05) is 11.9 Å². The van der Waals surface area contributed by atoms with Crippen LogP contribution in [0.5, 0.6) is 0 Å². The second kappa shape index (κ2) is 10.5. The van der Waals surface area contributed by atoms with Gasteiger partial charge in [0.25, 0.3) is 11.6 Å². The number of nitriles is 1. The van der Waals surface area contributed by atoms with Crippen molar-refractivity contribution in [2.24, 2.45) is 0 Å². The molecule has 1 amide bonds. The molecule has 1 aromatic heterocycles. The van der Waals surface area contributed by atoms with Crippen LogP contribution in [0.15, 0.2) is 54.1 Å². The Bertz CT molecular complexity index is 1380. The molecule has 2 aromatic carbocycles. The van der Waals surface area contributed by atoms with Gasteiger partial charge in [0, 0.05) is 34.9 Å². The van der Waals surface area contributed by atoms with Crippen LogP contribution in [-0.4, -0.2) is 28.0 Å².